The first kappa shape index (κ1) is 20.7. The molecule has 0 radical (unpaired) electrons. The average molecular weight is 381 g/mol. The molecule has 5 nitrogen and oxygen atoms in total. The van der Waals surface area contributed by atoms with E-state index in [9.17, 15) is 23.7 Å². The third kappa shape index (κ3) is 4.75. The molecule has 0 saturated carbocycles. The van der Waals surface area contributed by atoms with Crippen LogP contribution < -0.4 is 0 Å². The Bertz CT molecular complexity index is 792. The molecule has 6 heteroatoms. The maximum atomic E-state index is 12.1. The highest BCUT2D eigenvalue weighted by Gasteiger charge is 2.39. The van der Waals surface area contributed by atoms with Crippen LogP contribution in [0.15, 0.2) is 41.0 Å². The smallest absolute Gasteiger partial charge is 0.163 e. The summed E-state index contributed by atoms with van der Waals surface area (Å²) < 4.78 is 24.2. The van der Waals surface area contributed by atoms with E-state index in [-0.39, 0.29) is 11.5 Å². The third-order valence-corrected chi connectivity index (χ3v) is 6.93. The van der Waals surface area contributed by atoms with Crippen molar-refractivity contribution >= 4 is 15.9 Å². The molecule has 0 fully saturated rings. The molecule has 2 atom stereocenters. The first-order valence-corrected chi connectivity index (χ1v) is 10.7. The van der Waals surface area contributed by atoms with Crippen molar-refractivity contribution in [3.63, 3.8) is 0 Å². The van der Waals surface area contributed by atoms with Gasteiger partial charge in [-0.3, -0.25) is 0 Å². The number of allylic oxidation sites excluding steroid dienone is 1. The van der Waals surface area contributed by atoms with Gasteiger partial charge in [-0.1, -0.05) is 48.8 Å². The van der Waals surface area contributed by atoms with Crippen LogP contribution in [-0.4, -0.2) is 47.5 Å². The molecule has 144 valence electrons. The molecule has 26 heavy (non-hydrogen) atoms. The van der Waals surface area contributed by atoms with Crippen LogP contribution in [0.1, 0.15) is 45.1 Å². The Morgan fingerprint density at radius 2 is 2.00 bits per heavy atom. The predicted molar refractivity (Wildman–Crippen MR) is 104 cm³/mol. The summed E-state index contributed by atoms with van der Waals surface area (Å²) in [4.78, 5) is 0. The van der Waals surface area contributed by atoms with E-state index in [1.165, 1.54) is 0 Å². The minimum Gasteiger partial charge on any atom is -0.507 e. The topological polar surface area (TPSA) is 94.8 Å². The summed E-state index contributed by atoms with van der Waals surface area (Å²) in [6.45, 7) is 3.27. The Morgan fingerprint density at radius 1 is 1.31 bits per heavy atom. The summed E-state index contributed by atoms with van der Waals surface area (Å²) in [5.74, 6) is 0.114. The molecule has 3 N–H and O–H groups in total. The van der Waals surface area contributed by atoms with E-state index in [2.05, 4.69) is 6.92 Å². The summed E-state index contributed by atoms with van der Waals surface area (Å²) >= 11 is 0. The van der Waals surface area contributed by atoms with Gasteiger partial charge < -0.3 is 15.3 Å². The Balaban J connectivity index is 2.14. The SMILES string of the molecule is CCC/C(=C\c1ccccc1O)CC[C@@H](O)C1=C(C)CS(=O)(=O)[C@H]1CO. The van der Waals surface area contributed by atoms with Gasteiger partial charge in [0, 0.05) is 5.56 Å². The molecule has 0 amide bonds. The van der Waals surface area contributed by atoms with Crippen LogP contribution in [0.4, 0.5) is 0 Å². The third-order valence-electron chi connectivity index (χ3n) is 4.82. The Hall–Kier alpha value is -1.63. The lowest BCUT2D eigenvalue weighted by atomic mass is 9.94. The van der Waals surface area contributed by atoms with Gasteiger partial charge in [0.25, 0.3) is 0 Å². The van der Waals surface area contributed by atoms with Crippen LogP contribution in [0.25, 0.3) is 6.08 Å². The number of phenolic OH excluding ortho intramolecular Hbond substituents is 1. The van der Waals surface area contributed by atoms with E-state index in [1.807, 2.05) is 18.2 Å². The highest BCUT2D eigenvalue weighted by molar-refractivity contribution is 7.92. The number of hydrogen-bond acceptors (Lipinski definition) is 5. The van der Waals surface area contributed by atoms with Gasteiger partial charge in [0.15, 0.2) is 9.84 Å². The fourth-order valence-electron chi connectivity index (χ4n) is 3.56. The van der Waals surface area contributed by atoms with E-state index in [1.54, 1.807) is 19.1 Å². The highest BCUT2D eigenvalue weighted by atomic mass is 32.2. The minimum atomic E-state index is -3.42. The number of aliphatic hydroxyl groups excluding tert-OH is 2. The Labute approximate surface area is 155 Å². The molecule has 1 aliphatic rings. The summed E-state index contributed by atoms with van der Waals surface area (Å²) in [6, 6.07) is 7.08. The lowest BCUT2D eigenvalue weighted by Gasteiger charge is -2.19. The molecule has 1 aromatic rings. The van der Waals surface area contributed by atoms with Gasteiger partial charge in [0.1, 0.15) is 11.0 Å². The highest BCUT2D eigenvalue weighted by Crippen LogP contribution is 2.32. The van der Waals surface area contributed by atoms with Crippen molar-refractivity contribution in [1.82, 2.24) is 0 Å². The quantitative estimate of drug-likeness (QED) is 0.603. The van der Waals surface area contributed by atoms with Crippen LogP contribution in [-0.2, 0) is 9.84 Å². The standard InChI is InChI=1S/C20H28O5S/c1-3-6-15(11-16-7-4-5-8-17(16)22)9-10-18(23)20-14(2)13-26(24,25)19(20)12-21/h4-5,7-8,11,18-19,21-23H,3,6,9-10,12-13H2,1-2H3/b15-11+/t18-,19+/m1/s1. The number of phenols is 1. The first-order chi connectivity index (χ1) is 12.3. The molecule has 1 heterocycles. The number of rotatable bonds is 8. The van der Waals surface area contributed by atoms with E-state index >= 15 is 0 Å². The van der Waals surface area contributed by atoms with Gasteiger partial charge in [0.2, 0.25) is 0 Å². The largest absolute Gasteiger partial charge is 0.507 e. The molecule has 1 aromatic carbocycles. The zero-order valence-corrected chi connectivity index (χ0v) is 16.2. The van der Waals surface area contributed by atoms with E-state index in [0.29, 0.717) is 24.0 Å². The molecule has 1 aliphatic heterocycles. The van der Waals surface area contributed by atoms with Gasteiger partial charge in [-0.25, -0.2) is 8.42 Å². The van der Waals surface area contributed by atoms with Crippen molar-refractivity contribution in [2.45, 2.75) is 50.9 Å². The number of benzene rings is 1. The molecular weight excluding hydrogens is 352 g/mol. The van der Waals surface area contributed by atoms with Crippen molar-refractivity contribution in [1.29, 1.82) is 0 Å². The molecule has 2 rings (SSSR count). The second kappa shape index (κ2) is 8.84. The Morgan fingerprint density at radius 3 is 2.62 bits per heavy atom. The average Bonchev–Trinajstić information content (AvgIpc) is 2.82. The molecule has 0 bridgehead atoms. The first-order valence-electron chi connectivity index (χ1n) is 8.97. The molecule has 0 aliphatic carbocycles. The van der Waals surface area contributed by atoms with Crippen molar-refractivity contribution < 1.29 is 23.7 Å². The van der Waals surface area contributed by atoms with Crippen LogP contribution >= 0.6 is 0 Å². The number of sulfone groups is 1. The zero-order chi connectivity index (χ0) is 19.3. The molecule has 0 aromatic heterocycles. The van der Waals surface area contributed by atoms with Crippen molar-refractivity contribution in [3.8, 4) is 5.75 Å². The summed E-state index contributed by atoms with van der Waals surface area (Å²) in [5, 5.41) is 29.0. The molecule has 0 saturated heterocycles. The van der Waals surface area contributed by atoms with Gasteiger partial charge >= 0.3 is 0 Å². The second-order valence-electron chi connectivity index (χ2n) is 6.88. The van der Waals surface area contributed by atoms with Crippen LogP contribution in [0.3, 0.4) is 0 Å². The molecule has 0 unspecified atom stereocenters. The number of hydrogen-bond donors (Lipinski definition) is 3. The monoisotopic (exact) mass is 380 g/mol. The normalized spacial score (nSPS) is 21.2. The van der Waals surface area contributed by atoms with Crippen LogP contribution in [0.5, 0.6) is 5.75 Å². The fourth-order valence-corrected chi connectivity index (χ4v) is 5.51. The van der Waals surface area contributed by atoms with E-state index in [4.69, 9.17) is 0 Å². The fraction of sp³-hybridized carbons (Fsp3) is 0.500. The summed E-state index contributed by atoms with van der Waals surface area (Å²) in [6.07, 6.45) is 3.79. The van der Waals surface area contributed by atoms with Crippen LogP contribution in [0.2, 0.25) is 0 Å². The maximum absolute atomic E-state index is 12.1. The van der Waals surface area contributed by atoms with Crippen molar-refractivity contribution in [2.75, 3.05) is 12.4 Å². The van der Waals surface area contributed by atoms with Gasteiger partial charge in [-0.2, -0.15) is 0 Å². The number of aromatic hydroxyl groups is 1. The number of aliphatic hydroxyl groups is 2. The van der Waals surface area contributed by atoms with E-state index < -0.39 is 27.8 Å². The van der Waals surface area contributed by atoms with Gasteiger partial charge in [-0.05, 0) is 37.8 Å². The number of para-hydroxylation sites is 1. The predicted octanol–water partition coefficient (Wildman–Crippen LogP) is 2.82. The Kier molecular flexibility index (Phi) is 7.03. The lowest BCUT2D eigenvalue weighted by Crippen LogP contribution is -2.29. The summed E-state index contributed by atoms with van der Waals surface area (Å²) in [5.41, 5.74) is 2.91. The zero-order valence-electron chi connectivity index (χ0n) is 15.4. The summed E-state index contributed by atoms with van der Waals surface area (Å²) in [7, 11) is -3.42. The van der Waals surface area contributed by atoms with E-state index in [0.717, 1.165) is 24.0 Å². The molecule has 0 spiro atoms. The van der Waals surface area contributed by atoms with Gasteiger partial charge in [0.05, 0.1) is 18.5 Å². The van der Waals surface area contributed by atoms with Gasteiger partial charge in [-0.15, -0.1) is 0 Å². The second-order valence-corrected chi connectivity index (χ2v) is 9.06. The van der Waals surface area contributed by atoms with Crippen molar-refractivity contribution in [2.24, 2.45) is 0 Å². The molecular formula is C20H28O5S. The van der Waals surface area contributed by atoms with Crippen LogP contribution in [0, 0.1) is 0 Å². The maximum Gasteiger partial charge on any atom is 0.163 e. The lowest BCUT2D eigenvalue weighted by molar-refractivity contribution is 0.188. The minimum absolute atomic E-state index is 0.0971. The van der Waals surface area contributed by atoms with Crippen molar-refractivity contribution in [3.05, 3.63) is 46.5 Å².